The lowest BCUT2D eigenvalue weighted by Gasteiger charge is -2.27. The molecule has 1 aliphatic heterocycles. The maximum Gasteiger partial charge on any atom is 0.244 e. The highest BCUT2D eigenvalue weighted by atomic mass is 79.9. The van der Waals surface area contributed by atoms with Crippen LogP contribution >= 0.6 is 15.9 Å². The van der Waals surface area contributed by atoms with E-state index in [1.807, 2.05) is 13.8 Å². The van der Waals surface area contributed by atoms with Gasteiger partial charge in [-0.1, -0.05) is 20.3 Å². The van der Waals surface area contributed by atoms with E-state index in [4.69, 9.17) is 9.15 Å². The van der Waals surface area contributed by atoms with Gasteiger partial charge in [-0.15, -0.1) is 0 Å². The molecule has 2 N–H and O–H groups in total. The Balaban J connectivity index is 1.84. The third kappa shape index (κ3) is 7.48. The van der Waals surface area contributed by atoms with Gasteiger partial charge >= 0.3 is 0 Å². The van der Waals surface area contributed by atoms with E-state index in [9.17, 15) is 9.59 Å². The van der Waals surface area contributed by atoms with Crippen LogP contribution in [0.3, 0.4) is 0 Å². The first kappa shape index (κ1) is 21.7. The zero-order chi connectivity index (χ0) is 19.6. The van der Waals surface area contributed by atoms with Crippen LogP contribution in [-0.4, -0.2) is 62.1 Å². The van der Waals surface area contributed by atoms with E-state index >= 15 is 0 Å². The van der Waals surface area contributed by atoms with Crippen LogP contribution in [0.5, 0.6) is 0 Å². The average Bonchev–Trinajstić information content (AvgIpc) is 3.10. The molecule has 0 spiro atoms. The topological polar surface area (TPSA) is 83.8 Å². The van der Waals surface area contributed by atoms with Crippen LogP contribution in [0.15, 0.2) is 27.3 Å². The molecular formula is C19H28BrN3O4. The number of morpholine rings is 1. The van der Waals surface area contributed by atoms with E-state index < -0.39 is 6.04 Å². The lowest BCUT2D eigenvalue weighted by Crippen LogP contribution is -2.51. The van der Waals surface area contributed by atoms with Gasteiger partial charge in [0, 0.05) is 32.3 Å². The Morgan fingerprint density at radius 1 is 1.33 bits per heavy atom. The molecule has 150 valence electrons. The van der Waals surface area contributed by atoms with Gasteiger partial charge in [-0.3, -0.25) is 14.5 Å². The summed E-state index contributed by atoms with van der Waals surface area (Å²) in [5.74, 6) is 0.117. The summed E-state index contributed by atoms with van der Waals surface area (Å²) in [4.78, 5) is 27.1. The molecule has 2 atom stereocenters. The molecule has 1 aromatic rings. The van der Waals surface area contributed by atoms with Crippen LogP contribution in [0.1, 0.15) is 26.0 Å². The molecule has 0 saturated carbocycles. The number of amides is 2. The Labute approximate surface area is 168 Å². The predicted molar refractivity (Wildman–Crippen MR) is 107 cm³/mol. The van der Waals surface area contributed by atoms with E-state index in [-0.39, 0.29) is 17.7 Å². The first-order valence-electron chi connectivity index (χ1n) is 9.31. The van der Waals surface area contributed by atoms with Gasteiger partial charge < -0.3 is 19.8 Å². The Bertz CT molecular complexity index is 641. The number of nitrogens with one attached hydrogen (secondary N) is 2. The van der Waals surface area contributed by atoms with Gasteiger partial charge in [0.1, 0.15) is 11.8 Å². The summed E-state index contributed by atoms with van der Waals surface area (Å²) in [5, 5.41) is 5.75. The third-order valence-electron chi connectivity index (χ3n) is 4.62. The maximum absolute atomic E-state index is 12.6. The lowest BCUT2D eigenvalue weighted by atomic mass is 9.98. The van der Waals surface area contributed by atoms with Crippen LogP contribution in [0.2, 0.25) is 0 Å². The monoisotopic (exact) mass is 441 g/mol. The summed E-state index contributed by atoms with van der Waals surface area (Å²) in [6.07, 6.45) is 3.74. The van der Waals surface area contributed by atoms with Crippen LogP contribution in [0, 0.1) is 5.92 Å². The molecule has 7 nitrogen and oxygen atoms in total. The Kier molecular flexibility index (Phi) is 9.03. The largest absolute Gasteiger partial charge is 0.450 e. The summed E-state index contributed by atoms with van der Waals surface area (Å²) < 4.78 is 11.2. The van der Waals surface area contributed by atoms with Gasteiger partial charge in [-0.05, 0) is 40.1 Å². The number of hydrogen-bond acceptors (Lipinski definition) is 5. The number of carbonyl (C=O) groups excluding carboxylic acids is 2. The highest BCUT2D eigenvalue weighted by Crippen LogP contribution is 2.15. The molecule has 0 aliphatic carbocycles. The average molecular weight is 442 g/mol. The third-order valence-corrected chi connectivity index (χ3v) is 5.04. The molecule has 2 heterocycles. The minimum atomic E-state index is -0.569. The van der Waals surface area contributed by atoms with Crippen molar-refractivity contribution in [3.8, 4) is 0 Å². The number of halogens is 1. The standard InChI is InChI=1S/C19H28BrN3O4/c1-3-14(2)18(19(25)21-8-9-23-10-12-26-13-11-23)22-17(24)7-5-15-4-6-16(20)27-15/h4-7,14,18H,3,8-13H2,1-2H3,(H,21,25)(H,22,24)/b7-5+. The van der Waals surface area contributed by atoms with Crippen LogP contribution in [-0.2, 0) is 14.3 Å². The van der Waals surface area contributed by atoms with E-state index in [1.54, 1.807) is 18.2 Å². The van der Waals surface area contributed by atoms with Crippen LogP contribution in [0.25, 0.3) is 6.08 Å². The molecule has 0 aromatic carbocycles. The summed E-state index contributed by atoms with van der Waals surface area (Å²) >= 11 is 3.22. The number of hydrogen-bond donors (Lipinski definition) is 2. The zero-order valence-electron chi connectivity index (χ0n) is 15.9. The molecule has 1 aromatic heterocycles. The second kappa shape index (κ2) is 11.3. The Hall–Kier alpha value is -1.64. The zero-order valence-corrected chi connectivity index (χ0v) is 17.5. The molecule has 2 rings (SSSR count). The smallest absolute Gasteiger partial charge is 0.244 e. The van der Waals surface area contributed by atoms with Crippen molar-refractivity contribution in [2.45, 2.75) is 26.3 Å². The first-order valence-corrected chi connectivity index (χ1v) is 10.1. The molecule has 0 radical (unpaired) electrons. The van der Waals surface area contributed by atoms with Crippen molar-refractivity contribution in [1.29, 1.82) is 0 Å². The van der Waals surface area contributed by atoms with Crippen molar-refractivity contribution in [2.24, 2.45) is 5.92 Å². The van der Waals surface area contributed by atoms with E-state index in [2.05, 4.69) is 31.5 Å². The van der Waals surface area contributed by atoms with Gasteiger partial charge in [0.15, 0.2) is 4.67 Å². The lowest BCUT2D eigenvalue weighted by molar-refractivity contribution is -0.128. The highest BCUT2D eigenvalue weighted by molar-refractivity contribution is 9.10. The van der Waals surface area contributed by atoms with Gasteiger partial charge in [-0.25, -0.2) is 0 Å². The van der Waals surface area contributed by atoms with Gasteiger partial charge in [0.2, 0.25) is 11.8 Å². The molecule has 2 amide bonds. The molecule has 1 aliphatic rings. The molecule has 1 saturated heterocycles. The van der Waals surface area contributed by atoms with Crippen molar-refractivity contribution in [1.82, 2.24) is 15.5 Å². The first-order chi connectivity index (χ1) is 13.0. The number of ether oxygens (including phenoxy) is 1. The summed E-state index contributed by atoms with van der Waals surface area (Å²) in [6, 6.07) is 2.93. The highest BCUT2D eigenvalue weighted by Gasteiger charge is 2.25. The quantitative estimate of drug-likeness (QED) is 0.572. The fraction of sp³-hybridized carbons (Fsp3) is 0.579. The fourth-order valence-electron chi connectivity index (χ4n) is 2.75. The van der Waals surface area contributed by atoms with Crippen LogP contribution in [0.4, 0.5) is 0 Å². The molecule has 1 fully saturated rings. The minimum Gasteiger partial charge on any atom is -0.450 e. The molecular weight excluding hydrogens is 414 g/mol. The number of nitrogens with zero attached hydrogens (tertiary/aromatic N) is 1. The van der Waals surface area contributed by atoms with Crippen molar-refractivity contribution in [2.75, 3.05) is 39.4 Å². The number of furan rings is 1. The molecule has 0 bridgehead atoms. The number of rotatable bonds is 9. The maximum atomic E-state index is 12.6. The fourth-order valence-corrected chi connectivity index (χ4v) is 3.07. The molecule has 2 unspecified atom stereocenters. The van der Waals surface area contributed by atoms with E-state index in [1.165, 1.54) is 6.08 Å². The van der Waals surface area contributed by atoms with Crippen LogP contribution < -0.4 is 10.6 Å². The summed E-state index contributed by atoms with van der Waals surface area (Å²) in [5.41, 5.74) is 0. The Morgan fingerprint density at radius 2 is 2.07 bits per heavy atom. The van der Waals surface area contributed by atoms with Crippen molar-refractivity contribution in [3.05, 3.63) is 28.6 Å². The van der Waals surface area contributed by atoms with Crippen molar-refractivity contribution in [3.63, 3.8) is 0 Å². The summed E-state index contributed by atoms with van der Waals surface area (Å²) in [7, 11) is 0. The van der Waals surface area contributed by atoms with Gasteiger partial charge in [-0.2, -0.15) is 0 Å². The minimum absolute atomic E-state index is 0.0310. The predicted octanol–water partition coefficient (Wildman–Crippen LogP) is 2.03. The SMILES string of the molecule is CCC(C)C(NC(=O)/C=C/c1ccc(Br)o1)C(=O)NCCN1CCOCC1. The van der Waals surface area contributed by atoms with Crippen molar-refractivity contribution < 1.29 is 18.7 Å². The van der Waals surface area contributed by atoms with Crippen molar-refractivity contribution >= 4 is 33.8 Å². The summed E-state index contributed by atoms with van der Waals surface area (Å²) in [6.45, 7) is 8.53. The second-order valence-corrected chi connectivity index (χ2v) is 7.37. The molecule has 27 heavy (non-hydrogen) atoms. The Morgan fingerprint density at radius 3 is 2.70 bits per heavy atom. The van der Waals surface area contributed by atoms with E-state index in [0.717, 1.165) is 39.3 Å². The van der Waals surface area contributed by atoms with Gasteiger partial charge in [0.05, 0.1) is 13.2 Å². The van der Waals surface area contributed by atoms with E-state index in [0.29, 0.717) is 17.0 Å². The number of carbonyl (C=O) groups is 2. The normalized spacial score (nSPS) is 17.6. The van der Waals surface area contributed by atoms with Gasteiger partial charge in [0.25, 0.3) is 0 Å². The molecule has 8 heteroatoms. The second-order valence-electron chi connectivity index (χ2n) is 6.59.